The maximum atomic E-state index is 9.29. The van der Waals surface area contributed by atoms with Crippen molar-refractivity contribution in [3.8, 4) is 5.75 Å². The van der Waals surface area contributed by atoms with E-state index >= 15 is 0 Å². The second kappa shape index (κ2) is 3.80. The number of benzene rings is 1. The summed E-state index contributed by atoms with van der Waals surface area (Å²) in [4.78, 5) is 0. The van der Waals surface area contributed by atoms with Gasteiger partial charge in [-0.3, -0.25) is 0 Å². The van der Waals surface area contributed by atoms with Gasteiger partial charge >= 0.3 is 0 Å². The SMILES string of the molecule is Cc1cc(Br)cc2c1O[C@](C)(CO)CC2. The van der Waals surface area contributed by atoms with Crippen LogP contribution in [0.15, 0.2) is 16.6 Å². The number of aryl methyl sites for hydroxylation is 2. The van der Waals surface area contributed by atoms with Crippen LogP contribution in [-0.2, 0) is 6.42 Å². The molecule has 2 rings (SSSR count). The molecule has 1 aliphatic rings. The van der Waals surface area contributed by atoms with E-state index in [0.717, 1.165) is 28.6 Å². The van der Waals surface area contributed by atoms with E-state index in [1.54, 1.807) is 0 Å². The lowest BCUT2D eigenvalue weighted by Gasteiger charge is -2.35. The van der Waals surface area contributed by atoms with Gasteiger partial charge in [0.05, 0.1) is 6.61 Å². The van der Waals surface area contributed by atoms with E-state index in [2.05, 4.69) is 22.0 Å². The molecule has 1 heterocycles. The first-order chi connectivity index (χ1) is 7.04. The highest BCUT2D eigenvalue weighted by atomic mass is 79.9. The highest BCUT2D eigenvalue weighted by Gasteiger charge is 2.31. The van der Waals surface area contributed by atoms with Gasteiger partial charge in [-0.15, -0.1) is 0 Å². The number of aliphatic hydroxyl groups excluding tert-OH is 1. The summed E-state index contributed by atoms with van der Waals surface area (Å²) >= 11 is 3.48. The van der Waals surface area contributed by atoms with Gasteiger partial charge in [-0.2, -0.15) is 0 Å². The van der Waals surface area contributed by atoms with E-state index in [1.807, 2.05) is 19.9 Å². The van der Waals surface area contributed by atoms with Gasteiger partial charge in [0, 0.05) is 4.47 Å². The van der Waals surface area contributed by atoms with Crippen molar-refractivity contribution in [2.24, 2.45) is 0 Å². The van der Waals surface area contributed by atoms with Crippen molar-refractivity contribution in [1.29, 1.82) is 0 Å². The first kappa shape index (κ1) is 11.0. The van der Waals surface area contributed by atoms with E-state index in [9.17, 15) is 5.11 Å². The van der Waals surface area contributed by atoms with Crippen LogP contribution in [0.5, 0.6) is 5.75 Å². The van der Waals surface area contributed by atoms with Crippen LogP contribution in [0.25, 0.3) is 0 Å². The highest BCUT2D eigenvalue weighted by Crippen LogP contribution is 2.37. The second-order valence-corrected chi connectivity index (χ2v) is 5.34. The van der Waals surface area contributed by atoms with Crippen molar-refractivity contribution in [2.75, 3.05) is 6.61 Å². The molecule has 15 heavy (non-hydrogen) atoms. The number of rotatable bonds is 1. The Bertz CT molecular complexity index is 389. The van der Waals surface area contributed by atoms with Gasteiger partial charge in [-0.05, 0) is 49.9 Å². The zero-order valence-corrected chi connectivity index (χ0v) is 10.6. The van der Waals surface area contributed by atoms with Gasteiger partial charge in [-0.1, -0.05) is 15.9 Å². The van der Waals surface area contributed by atoms with Crippen molar-refractivity contribution in [2.45, 2.75) is 32.3 Å². The zero-order valence-electron chi connectivity index (χ0n) is 9.01. The molecule has 0 aliphatic carbocycles. The summed E-state index contributed by atoms with van der Waals surface area (Å²) in [5, 5.41) is 9.29. The van der Waals surface area contributed by atoms with Gasteiger partial charge in [0.2, 0.25) is 0 Å². The lowest BCUT2D eigenvalue weighted by Crippen LogP contribution is -2.40. The molecule has 1 atom stereocenters. The number of hydrogen-bond donors (Lipinski definition) is 1. The Labute approximate surface area is 98.4 Å². The Kier molecular flexibility index (Phi) is 2.77. The maximum Gasteiger partial charge on any atom is 0.129 e. The van der Waals surface area contributed by atoms with E-state index in [1.165, 1.54) is 5.56 Å². The smallest absolute Gasteiger partial charge is 0.129 e. The normalized spacial score (nSPS) is 24.5. The highest BCUT2D eigenvalue weighted by molar-refractivity contribution is 9.10. The summed E-state index contributed by atoms with van der Waals surface area (Å²) in [5.41, 5.74) is 1.94. The van der Waals surface area contributed by atoms with Gasteiger partial charge in [0.15, 0.2) is 0 Å². The molecule has 0 fully saturated rings. The molecule has 82 valence electrons. The lowest BCUT2D eigenvalue weighted by atomic mass is 9.92. The Morgan fingerprint density at radius 3 is 2.93 bits per heavy atom. The summed E-state index contributed by atoms with van der Waals surface area (Å²) in [5.74, 6) is 0.945. The molecule has 0 radical (unpaired) electrons. The molecule has 1 aromatic carbocycles. The van der Waals surface area contributed by atoms with Gasteiger partial charge in [0.25, 0.3) is 0 Å². The minimum atomic E-state index is -0.411. The molecule has 3 heteroatoms. The second-order valence-electron chi connectivity index (χ2n) is 4.42. The summed E-state index contributed by atoms with van der Waals surface area (Å²) in [6.07, 6.45) is 1.83. The summed E-state index contributed by atoms with van der Waals surface area (Å²) in [7, 11) is 0. The summed E-state index contributed by atoms with van der Waals surface area (Å²) in [6, 6.07) is 4.14. The molecule has 0 spiro atoms. The van der Waals surface area contributed by atoms with Crippen LogP contribution in [0.4, 0.5) is 0 Å². The van der Waals surface area contributed by atoms with Crippen LogP contribution < -0.4 is 4.74 Å². The molecule has 1 aromatic rings. The topological polar surface area (TPSA) is 29.5 Å². The standard InChI is InChI=1S/C12H15BrO2/c1-8-5-10(13)6-9-3-4-12(2,7-14)15-11(8)9/h5-6,14H,3-4,7H2,1-2H3/t12-/m0/s1. The van der Waals surface area contributed by atoms with E-state index in [4.69, 9.17) is 4.74 Å². The van der Waals surface area contributed by atoms with Crippen molar-refractivity contribution in [3.05, 3.63) is 27.7 Å². The maximum absolute atomic E-state index is 9.29. The number of ether oxygens (including phenoxy) is 1. The lowest BCUT2D eigenvalue weighted by molar-refractivity contribution is 0.00747. The fraction of sp³-hybridized carbons (Fsp3) is 0.500. The largest absolute Gasteiger partial charge is 0.485 e. The third kappa shape index (κ3) is 2.04. The molecule has 2 nitrogen and oxygen atoms in total. The molecule has 1 aliphatic heterocycles. The molecular weight excluding hydrogens is 256 g/mol. The number of fused-ring (bicyclic) bond motifs is 1. The third-order valence-electron chi connectivity index (χ3n) is 2.92. The predicted molar refractivity (Wildman–Crippen MR) is 63.3 cm³/mol. The predicted octanol–water partition coefficient (Wildman–Crippen LogP) is 2.83. The Hall–Kier alpha value is -0.540. The molecule has 1 N–H and O–H groups in total. The van der Waals surface area contributed by atoms with Crippen LogP contribution in [0.1, 0.15) is 24.5 Å². The van der Waals surface area contributed by atoms with E-state index < -0.39 is 5.60 Å². The number of aliphatic hydroxyl groups is 1. The van der Waals surface area contributed by atoms with Crippen LogP contribution in [-0.4, -0.2) is 17.3 Å². The molecule has 0 amide bonds. The van der Waals surface area contributed by atoms with Crippen LogP contribution in [0.2, 0.25) is 0 Å². The van der Waals surface area contributed by atoms with Crippen molar-refractivity contribution >= 4 is 15.9 Å². The molecule has 0 unspecified atom stereocenters. The fourth-order valence-electron chi connectivity index (χ4n) is 1.94. The van der Waals surface area contributed by atoms with Gasteiger partial charge < -0.3 is 9.84 Å². The van der Waals surface area contributed by atoms with Gasteiger partial charge in [-0.25, -0.2) is 0 Å². The Balaban J connectivity index is 2.42. The summed E-state index contributed by atoms with van der Waals surface area (Å²) in [6.45, 7) is 4.06. The van der Waals surface area contributed by atoms with E-state index in [-0.39, 0.29) is 6.61 Å². The van der Waals surface area contributed by atoms with Gasteiger partial charge in [0.1, 0.15) is 11.4 Å². The summed E-state index contributed by atoms with van der Waals surface area (Å²) < 4.78 is 6.98. The zero-order chi connectivity index (χ0) is 11.1. The average Bonchev–Trinajstić information content (AvgIpc) is 2.20. The molecular formula is C12H15BrO2. The monoisotopic (exact) mass is 270 g/mol. The third-order valence-corrected chi connectivity index (χ3v) is 3.38. The van der Waals surface area contributed by atoms with Crippen LogP contribution >= 0.6 is 15.9 Å². The molecule has 0 saturated heterocycles. The molecule has 0 aromatic heterocycles. The quantitative estimate of drug-likeness (QED) is 0.851. The van der Waals surface area contributed by atoms with Crippen molar-refractivity contribution < 1.29 is 9.84 Å². The van der Waals surface area contributed by atoms with Crippen LogP contribution in [0, 0.1) is 6.92 Å². The minimum absolute atomic E-state index is 0.0714. The fourth-order valence-corrected chi connectivity index (χ4v) is 2.56. The first-order valence-corrected chi connectivity index (χ1v) is 5.92. The average molecular weight is 271 g/mol. The van der Waals surface area contributed by atoms with Crippen molar-refractivity contribution in [1.82, 2.24) is 0 Å². The minimum Gasteiger partial charge on any atom is -0.485 e. The Morgan fingerprint density at radius 1 is 1.53 bits per heavy atom. The molecule has 0 saturated carbocycles. The van der Waals surface area contributed by atoms with E-state index in [0.29, 0.717) is 0 Å². The Morgan fingerprint density at radius 2 is 2.27 bits per heavy atom. The number of halogens is 1. The first-order valence-electron chi connectivity index (χ1n) is 5.13. The van der Waals surface area contributed by atoms with Crippen molar-refractivity contribution in [3.63, 3.8) is 0 Å². The number of hydrogen-bond acceptors (Lipinski definition) is 2. The molecule has 0 bridgehead atoms. The van der Waals surface area contributed by atoms with Crippen LogP contribution in [0.3, 0.4) is 0 Å².